The van der Waals surface area contributed by atoms with Crippen molar-refractivity contribution in [2.45, 2.75) is 29.9 Å². The summed E-state index contributed by atoms with van der Waals surface area (Å²) in [7, 11) is 0. The molecule has 5 rings (SSSR count). The molecule has 2 aliphatic carbocycles. The Morgan fingerprint density at radius 3 is 2.22 bits per heavy atom. The van der Waals surface area contributed by atoms with Gasteiger partial charge in [0.15, 0.2) is 12.4 Å². The van der Waals surface area contributed by atoms with Gasteiger partial charge in [0, 0.05) is 15.2 Å². The molecule has 2 saturated carbocycles. The molecule has 6 unspecified atom stereocenters. The molecule has 2 aromatic carbocycles. The number of aryl methyl sites for hydroxylation is 2. The topological polar surface area (TPSA) is 63.7 Å². The van der Waals surface area contributed by atoms with Gasteiger partial charge in [-0.3, -0.25) is 14.4 Å². The molecular weight excluding hydrogens is 538 g/mol. The van der Waals surface area contributed by atoms with Gasteiger partial charge >= 0.3 is 0 Å². The highest BCUT2D eigenvalue weighted by Crippen LogP contribution is 2.60. The number of fused-ring (bicyclic) bond motifs is 5. The zero-order chi connectivity index (χ0) is 22.7. The fraction of sp³-hybridized carbons (Fsp3) is 0.400. The van der Waals surface area contributed by atoms with Gasteiger partial charge in [-0.2, -0.15) is 0 Å². The Morgan fingerprint density at radius 2 is 1.59 bits per heavy atom. The minimum Gasteiger partial charge on any atom is -0.483 e. The molecule has 3 aliphatic rings. The highest BCUT2D eigenvalue weighted by molar-refractivity contribution is 9.12. The molecule has 5 nitrogen and oxygen atoms in total. The van der Waals surface area contributed by atoms with E-state index in [9.17, 15) is 14.4 Å². The van der Waals surface area contributed by atoms with E-state index >= 15 is 0 Å². The summed E-state index contributed by atoms with van der Waals surface area (Å²) in [5.41, 5.74) is 3.16. The van der Waals surface area contributed by atoms with Crippen molar-refractivity contribution >= 4 is 55.1 Å². The van der Waals surface area contributed by atoms with E-state index in [0.717, 1.165) is 17.5 Å². The number of rotatable bonds is 5. The van der Waals surface area contributed by atoms with Crippen LogP contribution >= 0.6 is 31.9 Å². The van der Waals surface area contributed by atoms with Crippen LogP contribution in [0.3, 0.4) is 0 Å². The van der Waals surface area contributed by atoms with Crippen LogP contribution in [-0.2, 0) is 9.59 Å². The SMILES string of the molecule is Cc1ccc(C(=O)COc2ccccc2N2C(=O)C3C4CC(C(Br)C4Br)C3C2=O)cc1C. The molecule has 7 heteroatoms. The summed E-state index contributed by atoms with van der Waals surface area (Å²) in [5.74, 6) is -0.399. The standard InChI is InChI=1S/C25H23Br2NO4/c1-12-7-8-14(9-13(12)2)18(29)11-32-19-6-4-3-5-17(19)28-24(30)20-15-10-16(21(20)25(28)31)23(27)22(15)26/h3-9,15-16,20-23H,10-11H2,1-2H3. The van der Waals surface area contributed by atoms with Crippen LogP contribution in [0.1, 0.15) is 27.9 Å². The zero-order valence-electron chi connectivity index (χ0n) is 17.8. The molecule has 0 N–H and O–H groups in total. The van der Waals surface area contributed by atoms with Crippen LogP contribution in [0.4, 0.5) is 5.69 Å². The molecule has 2 amide bonds. The third-order valence-electron chi connectivity index (χ3n) is 7.28. The van der Waals surface area contributed by atoms with Crippen molar-refractivity contribution in [1.82, 2.24) is 0 Å². The molecule has 6 atom stereocenters. The maximum Gasteiger partial charge on any atom is 0.238 e. The van der Waals surface area contributed by atoms with Gasteiger partial charge in [-0.25, -0.2) is 4.90 Å². The van der Waals surface area contributed by atoms with E-state index in [1.165, 1.54) is 4.90 Å². The Kier molecular flexibility index (Phi) is 5.53. The van der Waals surface area contributed by atoms with Crippen molar-refractivity contribution in [1.29, 1.82) is 0 Å². The van der Waals surface area contributed by atoms with E-state index in [-0.39, 0.29) is 57.5 Å². The maximum absolute atomic E-state index is 13.4. The Labute approximate surface area is 203 Å². The first-order valence-electron chi connectivity index (χ1n) is 10.8. The first-order chi connectivity index (χ1) is 15.3. The second-order valence-corrected chi connectivity index (χ2v) is 11.1. The number of nitrogens with zero attached hydrogens (tertiary/aromatic N) is 1. The van der Waals surface area contributed by atoms with Crippen LogP contribution in [0.2, 0.25) is 0 Å². The largest absolute Gasteiger partial charge is 0.483 e. The normalized spacial score (nSPS) is 30.7. The van der Waals surface area contributed by atoms with E-state index in [2.05, 4.69) is 31.9 Å². The summed E-state index contributed by atoms with van der Waals surface area (Å²) in [5, 5.41) is 0. The van der Waals surface area contributed by atoms with Gasteiger partial charge in [-0.05, 0) is 61.4 Å². The number of hydrogen-bond acceptors (Lipinski definition) is 4. The Bertz CT molecular complexity index is 1100. The molecule has 166 valence electrons. The van der Waals surface area contributed by atoms with Crippen molar-refractivity contribution in [3.05, 3.63) is 59.2 Å². The van der Waals surface area contributed by atoms with Gasteiger partial charge in [0.05, 0.1) is 17.5 Å². The van der Waals surface area contributed by atoms with Gasteiger partial charge in [-0.1, -0.05) is 56.1 Å². The summed E-state index contributed by atoms with van der Waals surface area (Å²) in [6.07, 6.45) is 0.884. The van der Waals surface area contributed by atoms with Crippen molar-refractivity contribution < 1.29 is 19.1 Å². The van der Waals surface area contributed by atoms with Crippen LogP contribution in [-0.4, -0.2) is 33.9 Å². The Balaban J connectivity index is 1.38. The van der Waals surface area contributed by atoms with Gasteiger partial charge in [0.2, 0.25) is 11.8 Å². The number of anilines is 1. The van der Waals surface area contributed by atoms with Gasteiger partial charge in [0.25, 0.3) is 0 Å². The third kappa shape index (κ3) is 3.27. The van der Waals surface area contributed by atoms with Crippen molar-refractivity contribution in [3.8, 4) is 5.75 Å². The quantitative estimate of drug-likeness (QED) is 0.298. The summed E-state index contributed by atoms with van der Waals surface area (Å²) in [6.45, 7) is 3.80. The van der Waals surface area contributed by atoms with Crippen molar-refractivity contribution in [2.75, 3.05) is 11.5 Å². The highest BCUT2D eigenvalue weighted by atomic mass is 79.9. The van der Waals surface area contributed by atoms with E-state index in [0.29, 0.717) is 17.0 Å². The number of carbonyl (C=O) groups is 3. The second-order valence-electron chi connectivity index (χ2n) is 8.99. The summed E-state index contributed by atoms with van der Waals surface area (Å²) < 4.78 is 5.85. The minimum absolute atomic E-state index is 0.148. The molecule has 32 heavy (non-hydrogen) atoms. The summed E-state index contributed by atoms with van der Waals surface area (Å²) >= 11 is 7.43. The second kappa shape index (κ2) is 8.10. The van der Waals surface area contributed by atoms with Crippen molar-refractivity contribution in [2.24, 2.45) is 23.7 Å². The number of ether oxygens (including phenoxy) is 1. The molecule has 0 aromatic heterocycles. The van der Waals surface area contributed by atoms with E-state index in [1.807, 2.05) is 26.0 Å². The number of carbonyl (C=O) groups excluding carboxylic acids is 3. The predicted octanol–water partition coefficient (Wildman–Crippen LogP) is 4.85. The fourth-order valence-corrected chi connectivity index (χ4v) is 7.37. The smallest absolute Gasteiger partial charge is 0.238 e. The number of alkyl halides is 2. The molecule has 1 heterocycles. The number of ketones is 1. The number of Topliss-reactive ketones (excluding diaryl/α,β-unsaturated/α-hetero) is 1. The van der Waals surface area contributed by atoms with Crippen LogP contribution in [0.15, 0.2) is 42.5 Å². The van der Waals surface area contributed by atoms with Crippen molar-refractivity contribution in [3.63, 3.8) is 0 Å². The number of benzene rings is 2. The number of imide groups is 1. The monoisotopic (exact) mass is 559 g/mol. The van der Waals surface area contributed by atoms with Crippen LogP contribution in [0.25, 0.3) is 0 Å². The average Bonchev–Trinajstić information content (AvgIpc) is 3.39. The number of halogens is 2. The summed E-state index contributed by atoms with van der Waals surface area (Å²) in [4.78, 5) is 41.1. The van der Waals surface area contributed by atoms with Gasteiger partial charge in [0.1, 0.15) is 5.75 Å². The first-order valence-corrected chi connectivity index (χ1v) is 12.6. The molecule has 2 aromatic rings. The van der Waals surface area contributed by atoms with Gasteiger partial charge in [-0.15, -0.1) is 0 Å². The fourth-order valence-electron chi connectivity index (χ4n) is 5.49. The summed E-state index contributed by atoms with van der Waals surface area (Å²) in [6, 6.07) is 12.5. The zero-order valence-corrected chi connectivity index (χ0v) is 20.9. The molecule has 2 bridgehead atoms. The highest BCUT2D eigenvalue weighted by Gasteiger charge is 2.66. The molecular formula is C25H23Br2NO4. The maximum atomic E-state index is 13.4. The Morgan fingerprint density at radius 1 is 0.969 bits per heavy atom. The molecule has 1 saturated heterocycles. The average molecular weight is 561 g/mol. The predicted molar refractivity (Wildman–Crippen MR) is 129 cm³/mol. The first kappa shape index (κ1) is 21.8. The third-order valence-corrected chi connectivity index (χ3v) is 10.5. The molecule has 1 aliphatic heterocycles. The van der Waals surface area contributed by atoms with Crippen LogP contribution in [0, 0.1) is 37.5 Å². The van der Waals surface area contributed by atoms with Crippen LogP contribution in [0.5, 0.6) is 5.75 Å². The minimum atomic E-state index is -0.295. The molecule has 0 radical (unpaired) electrons. The van der Waals surface area contributed by atoms with E-state index in [1.54, 1.807) is 30.3 Å². The lowest BCUT2D eigenvalue weighted by Crippen LogP contribution is -2.37. The molecule has 0 spiro atoms. The van der Waals surface area contributed by atoms with Crippen LogP contribution < -0.4 is 9.64 Å². The number of para-hydroxylation sites is 2. The molecule has 3 fully saturated rings. The Hall–Kier alpha value is -1.99. The lowest BCUT2D eigenvalue weighted by atomic mass is 9.81. The van der Waals surface area contributed by atoms with E-state index < -0.39 is 0 Å². The number of amides is 2. The lowest BCUT2D eigenvalue weighted by molar-refractivity contribution is -0.123. The lowest BCUT2D eigenvalue weighted by Gasteiger charge is -2.28. The van der Waals surface area contributed by atoms with Gasteiger partial charge < -0.3 is 4.74 Å². The van der Waals surface area contributed by atoms with E-state index in [4.69, 9.17) is 4.74 Å². The number of hydrogen-bond donors (Lipinski definition) is 0.